The minimum Gasteiger partial charge on any atom is -0.477 e. The number of nitrogens with zero attached hydrogens (tertiary/aromatic N) is 5. The molecule has 0 amide bonds. The van der Waals surface area contributed by atoms with Crippen molar-refractivity contribution in [2.75, 3.05) is 0 Å². The monoisotopic (exact) mass is 542 g/mol. The van der Waals surface area contributed by atoms with Crippen LogP contribution in [0.2, 0.25) is 0 Å². The molecule has 10 heteroatoms. The van der Waals surface area contributed by atoms with Crippen molar-refractivity contribution in [3.8, 4) is 22.5 Å². The van der Waals surface area contributed by atoms with Crippen molar-refractivity contribution in [1.29, 1.82) is 0 Å². The maximum atomic E-state index is 13.9. The van der Waals surface area contributed by atoms with E-state index in [0.717, 1.165) is 46.1 Å². The summed E-state index contributed by atoms with van der Waals surface area (Å²) < 4.78 is 2.40. The van der Waals surface area contributed by atoms with Crippen LogP contribution in [0.1, 0.15) is 78.9 Å². The zero-order valence-electron chi connectivity index (χ0n) is 22.8. The van der Waals surface area contributed by atoms with Gasteiger partial charge in [-0.15, -0.1) is 5.10 Å². The zero-order valence-corrected chi connectivity index (χ0v) is 22.8. The van der Waals surface area contributed by atoms with Crippen LogP contribution < -0.4 is 5.69 Å². The first-order valence-electron chi connectivity index (χ1n) is 13.9. The number of rotatable bonds is 9. The Labute approximate surface area is 232 Å². The van der Waals surface area contributed by atoms with E-state index in [2.05, 4.69) is 20.6 Å². The molecule has 0 spiro atoms. The number of benzene rings is 2. The highest BCUT2D eigenvalue weighted by atomic mass is 16.4. The van der Waals surface area contributed by atoms with Gasteiger partial charge in [0.05, 0.1) is 12.2 Å². The molecule has 5 rings (SSSR count). The van der Waals surface area contributed by atoms with E-state index in [1.807, 2.05) is 62.4 Å². The standard InChI is InChI=1S/C30H34N6O4/c1-19(2)13-16-25-26(29(38)39)36(28(37)22-11-7-4-8-12-22)30(40)35(25)18-20-14-15-23(21-9-5-3-6-10-21)24(17-20)27-31-33-34-32-27/h3,5-6,9-10,14-15,17,19,22H,4,7-8,11-13,16,18H2,1-2H3,(H,38,39)(H,31,32,33,34). The highest BCUT2D eigenvalue weighted by molar-refractivity contribution is 5.94. The predicted octanol–water partition coefficient (Wildman–Crippen LogP) is 5.05. The summed E-state index contributed by atoms with van der Waals surface area (Å²) in [6.07, 6.45) is 5.26. The first-order chi connectivity index (χ1) is 19.3. The normalized spacial score (nSPS) is 14.1. The number of imidazole rings is 1. The molecule has 0 aliphatic heterocycles. The van der Waals surface area contributed by atoms with Gasteiger partial charge in [-0.3, -0.25) is 9.36 Å². The van der Waals surface area contributed by atoms with E-state index >= 15 is 0 Å². The second-order valence-electron chi connectivity index (χ2n) is 10.9. The summed E-state index contributed by atoms with van der Waals surface area (Å²) in [5.74, 6) is -1.23. The molecule has 0 radical (unpaired) electrons. The Hall–Kier alpha value is -4.34. The fourth-order valence-corrected chi connectivity index (χ4v) is 5.60. The van der Waals surface area contributed by atoms with Gasteiger partial charge in [0.25, 0.3) is 0 Å². The van der Waals surface area contributed by atoms with E-state index in [9.17, 15) is 19.5 Å². The van der Waals surface area contributed by atoms with Gasteiger partial charge in [0, 0.05) is 11.5 Å². The minimum absolute atomic E-state index is 0.112. The molecule has 0 bridgehead atoms. The van der Waals surface area contributed by atoms with Crippen LogP contribution in [-0.2, 0) is 13.0 Å². The zero-order chi connectivity index (χ0) is 28.2. The van der Waals surface area contributed by atoms with Gasteiger partial charge in [0.2, 0.25) is 5.91 Å². The number of aromatic nitrogens is 6. The Morgan fingerprint density at radius 3 is 2.45 bits per heavy atom. The lowest BCUT2D eigenvalue weighted by molar-refractivity contribution is 0.0657. The Morgan fingerprint density at radius 1 is 1.05 bits per heavy atom. The molecule has 1 fully saturated rings. The molecule has 40 heavy (non-hydrogen) atoms. The number of hydrogen-bond donors (Lipinski definition) is 2. The Bertz CT molecular complexity index is 1550. The first kappa shape index (κ1) is 27.2. The van der Waals surface area contributed by atoms with Crippen molar-refractivity contribution in [3.05, 3.63) is 76.0 Å². The molecule has 208 valence electrons. The second-order valence-corrected chi connectivity index (χ2v) is 10.9. The van der Waals surface area contributed by atoms with Crippen LogP contribution in [-0.4, -0.2) is 46.7 Å². The summed E-state index contributed by atoms with van der Waals surface area (Å²) in [6.45, 7) is 4.21. The smallest absolute Gasteiger partial charge is 0.354 e. The van der Waals surface area contributed by atoms with Crippen molar-refractivity contribution in [2.24, 2.45) is 11.8 Å². The van der Waals surface area contributed by atoms with E-state index < -0.39 is 17.6 Å². The summed E-state index contributed by atoms with van der Waals surface area (Å²) in [6, 6.07) is 15.6. The van der Waals surface area contributed by atoms with E-state index in [0.29, 0.717) is 43.1 Å². The molecule has 0 unspecified atom stereocenters. The molecule has 2 aromatic carbocycles. The number of aromatic carboxylic acids is 1. The van der Waals surface area contributed by atoms with E-state index in [-0.39, 0.29) is 18.2 Å². The van der Waals surface area contributed by atoms with Gasteiger partial charge in [0.1, 0.15) is 0 Å². The molecule has 1 saturated carbocycles. The summed E-state index contributed by atoms with van der Waals surface area (Å²) in [4.78, 5) is 40.0. The number of hydrogen-bond acceptors (Lipinski definition) is 6. The largest absolute Gasteiger partial charge is 0.477 e. The van der Waals surface area contributed by atoms with Crippen LogP contribution >= 0.6 is 0 Å². The van der Waals surface area contributed by atoms with Crippen LogP contribution in [0.5, 0.6) is 0 Å². The summed E-state index contributed by atoms with van der Waals surface area (Å²) >= 11 is 0. The quantitative estimate of drug-likeness (QED) is 0.302. The van der Waals surface area contributed by atoms with Crippen LogP contribution in [0.25, 0.3) is 22.5 Å². The minimum atomic E-state index is -1.26. The van der Waals surface area contributed by atoms with Gasteiger partial charge in [-0.1, -0.05) is 75.6 Å². The maximum absolute atomic E-state index is 13.9. The number of carbonyl (C=O) groups is 2. The molecule has 0 atom stereocenters. The van der Waals surface area contributed by atoms with Crippen molar-refractivity contribution >= 4 is 11.9 Å². The SMILES string of the molecule is CC(C)CCc1c(C(=O)O)n(C(=O)C2CCCCC2)c(=O)n1Cc1ccc(-c2ccccc2)c(-c2nnn[nH]2)c1. The number of carboxylic acids is 1. The van der Waals surface area contributed by atoms with E-state index in [4.69, 9.17) is 0 Å². The molecule has 1 aliphatic carbocycles. The van der Waals surface area contributed by atoms with Gasteiger partial charge < -0.3 is 5.11 Å². The maximum Gasteiger partial charge on any atom is 0.354 e. The van der Waals surface area contributed by atoms with Crippen molar-refractivity contribution < 1.29 is 14.7 Å². The van der Waals surface area contributed by atoms with Gasteiger partial charge in [-0.2, -0.15) is 0 Å². The molecule has 0 saturated heterocycles. The third-order valence-electron chi connectivity index (χ3n) is 7.69. The van der Waals surface area contributed by atoms with Gasteiger partial charge in [-0.25, -0.2) is 19.3 Å². The molecule has 2 aromatic heterocycles. The van der Waals surface area contributed by atoms with Gasteiger partial charge in [-0.05, 0) is 64.8 Å². The number of carbonyl (C=O) groups excluding carboxylic acids is 1. The average molecular weight is 543 g/mol. The predicted molar refractivity (Wildman–Crippen MR) is 150 cm³/mol. The van der Waals surface area contributed by atoms with Crippen molar-refractivity contribution in [2.45, 2.75) is 65.3 Å². The van der Waals surface area contributed by atoms with E-state index in [1.54, 1.807) is 0 Å². The summed E-state index contributed by atoms with van der Waals surface area (Å²) in [5, 5.41) is 24.6. The summed E-state index contributed by atoms with van der Waals surface area (Å²) in [5.41, 5.74) is 2.98. The van der Waals surface area contributed by atoms with Crippen LogP contribution in [0.4, 0.5) is 0 Å². The third kappa shape index (κ3) is 5.52. The number of carboxylic acid groups (broad SMARTS) is 1. The van der Waals surface area contributed by atoms with Crippen molar-refractivity contribution in [1.82, 2.24) is 29.8 Å². The molecule has 2 N–H and O–H groups in total. The molecular weight excluding hydrogens is 508 g/mol. The van der Waals surface area contributed by atoms with E-state index in [1.165, 1.54) is 4.57 Å². The Kier molecular flexibility index (Phi) is 8.04. The lowest BCUT2D eigenvalue weighted by Crippen LogP contribution is -2.35. The van der Waals surface area contributed by atoms with Gasteiger partial charge in [0.15, 0.2) is 11.5 Å². The van der Waals surface area contributed by atoms with Gasteiger partial charge >= 0.3 is 11.7 Å². The molecule has 4 aromatic rings. The molecule has 10 nitrogen and oxygen atoms in total. The average Bonchev–Trinajstić information content (AvgIpc) is 3.59. The topological polar surface area (TPSA) is 136 Å². The number of H-pyrrole nitrogens is 1. The van der Waals surface area contributed by atoms with Crippen molar-refractivity contribution in [3.63, 3.8) is 0 Å². The highest BCUT2D eigenvalue weighted by Gasteiger charge is 2.32. The van der Waals surface area contributed by atoms with Crippen LogP contribution in [0, 0.1) is 11.8 Å². The summed E-state index contributed by atoms with van der Waals surface area (Å²) in [7, 11) is 0. The van der Waals surface area contributed by atoms with Crippen LogP contribution in [0.15, 0.2) is 53.3 Å². The number of nitrogens with one attached hydrogen (secondary N) is 1. The molecular formula is C30H34N6O4. The molecule has 2 heterocycles. The highest BCUT2D eigenvalue weighted by Crippen LogP contribution is 2.31. The Morgan fingerprint density at radius 2 is 1.80 bits per heavy atom. The second kappa shape index (κ2) is 11.8. The fourth-order valence-electron chi connectivity index (χ4n) is 5.60. The fraction of sp³-hybridized carbons (Fsp3) is 0.400. The number of aromatic amines is 1. The number of tetrazole rings is 1. The lowest BCUT2D eigenvalue weighted by Gasteiger charge is -2.20. The third-order valence-corrected chi connectivity index (χ3v) is 7.69. The van der Waals surface area contributed by atoms with Crippen LogP contribution in [0.3, 0.4) is 0 Å². The first-order valence-corrected chi connectivity index (χ1v) is 13.9. The lowest BCUT2D eigenvalue weighted by atomic mass is 9.88. The Balaban J connectivity index is 1.62. The molecule has 1 aliphatic rings.